The van der Waals surface area contributed by atoms with Crippen LogP contribution in [0.2, 0.25) is 0 Å². The van der Waals surface area contributed by atoms with Gasteiger partial charge in [0.1, 0.15) is 0 Å². The van der Waals surface area contributed by atoms with Gasteiger partial charge < -0.3 is 0 Å². The molecule has 0 N–H and O–H groups in total. The number of aryl methyl sites for hydroxylation is 12. The normalized spacial score (nSPS) is 11.7. The molecule has 0 amide bonds. The molecule has 0 aliphatic carbocycles. The zero-order valence-electron chi connectivity index (χ0n) is 87.0. The molecule has 0 saturated heterocycles. The van der Waals surface area contributed by atoms with Crippen LogP contribution in [0.3, 0.4) is 0 Å². The van der Waals surface area contributed by atoms with Crippen LogP contribution in [0.25, 0.3) is 0 Å². The van der Waals surface area contributed by atoms with Gasteiger partial charge in [-0.25, -0.2) is 14.0 Å². The van der Waals surface area contributed by atoms with Crippen molar-refractivity contribution in [2.75, 3.05) is 0 Å². The molecule has 7 rings (SSSR count). The fourth-order valence-corrected chi connectivity index (χ4v) is 14.5. The summed E-state index contributed by atoms with van der Waals surface area (Å²) in [6, 6.07) is 0. The first-order valence-electron chi connectivity index (χ1n) is 51.8. The molecule has 21 heteroatoms. The molecule has 7 aromatic rings. The van der Waals surface area contributed by atoms with Crippen molar-refractivity contribution < 1.29 is 0 Å². The van der Waals surface area contributed by atoms with Gasteiger partial charge >= 0.3 is 0 Å². The predicted octanol–water partition coefficient (Wildman–Crippen LogP) is 28.2. The van der Waals surface area contributed by atoms with Crippen LogP contribution in [0.15, 0.2) is 43.4 Å². The van der Waals surface area contributed by atoms with Gasteiger partial charge in [0, 0.05) is 70.6 Å². The third-order valence-electron chi connectivity index (χ3n) is 22.4. The molecule has 21 nitrogen and oxygen atoms in total. The predicted molar refractivity (Wildman–Crippen MR) is 531 cm³/mol. The first-order chi connectivity index (χ1) is 59.6. The summed E-state index contributed by atoms with van der Waals surface area (Å²) < 4.78 is 14.2. The lowest BCUT2D eigenvalue weighted by Crippen LogP contribution is -2.07. The Morgan fingerprint density at radius 3 is 0.744 bits per heavy atom. The zero-order chi connectivity index (χ0) is 93.0. The van der Waals surface area contributed by atoms with Gasteiger partial charge in [0.15, 0.2) is 0 Å². The molecule has 125 heavy (non-hydrogen) atoms. The van der Waals surface area contributed by atoms with Crippen molar-refractivity contribution >= 4 is 0 Å². The molecule has 0 saturated carbocycles. The summed E-state index contributed by atoms with van der Waals surface area (Å²) in [6.07, 6.45) is 66.0. The van der Waals surface area contributed by atoms with Crippen LogP contribution in [-0.4, -0.2) is 105 Å². The lowest BCUT2D eigenvalue weighted by atomic mass is 10.0. The van der Waals surface area contributed by atoms with Gasteiger partial charge in [0.2, 0.25) is 0 Å². The summed E-state index contributed by atoms with van der Waals surface area (Å²) >= 11 is 0. The molecule has 0 atom stereocenters. The molecule has 0 aromatic carbocycles. The summed E-state index contributed by atoms with van der Waals surface area (Å²) in [5, 5.41) is 58.3. The van der Waals surface area contributed by atoms with E-state index in [1.165, 1.54) is 235 Å². The summed E-state index contributed by atoms with van der Waals surface area (Å²) in [7, 11) is 0. The quantitative estimate of drug-likeness (QED) is 0.0324. The number of nitrogens with zero attached hydrogens (tertiary/aromatic N) is 21. The van der Waals surface area contributed by atoms with Gasteiger partial charge in [-0.2, -0.15) is 0 Å². The highest BCUT2D eigenvalue weighted by Crippen LogP contribution is 2.20. The SMILES string of the molecule is CC(C)CCCCCCc1cnnn1CCC(C)C.CC(C)CCCCCCc1cnnn1CCC(C)C.CC(C)CCCCCc1cn(CC(C)C)nn1.CC(C)CCCCCc1cn(CC(C)C)nn1.CC(C)CCCCCn1nncc1CCCC(C)C.CC(C)CCCCc1cn(CCC(C)C)nn1.CC(C)CCCc1cn(CCCC(C)C)nn1. The Labute approximate surface area is 769 Å². The van der Waals surface area contributed by atoms with E-state index in [0.29, 0.717) is 11.8 Å². The van der Waals surface area contributed by atoms with Crippen LogP contribution in [0, 0.1) is 82.9 Å². The van der Waals surface area contributed by atoms with Crippen molar-refractivity contribution in [1.82, 2.24) is 105 Å². The van der Waals surface area contributed by atoms with Crippen molar-refractivity contribution in [2.24, 2.45) is 82.9 Å². The minimum atomic E-state index is 0.635. The van der Waals surface area contributed by atoms with E-state index in [0.717, 1.165) is 185 Å². The van der Waals surface area contributed by atoms with Gasteiger partial charge in [-0.15, -0.1) is 35.7 Å². The molecule has 722 valence electrons. The lowest BCUT2D eigenvalue weighted by Gasteiger charge is -2.08. The molecule has 7 heterocycles. The first-order valence-corrected chi connectivity index (χ1v) is 51.8. The van der Waals surface area contributed by atoms with Gasteiger partial charge in [-0.1, -0.05) is 365 Å². The van der Waals surface area contributed by atoms with E-state index in [2.05, 4.69) is 305 Å². The fraction of sp³-hybridized carbons (Fsp3) is 0.865. The highest BCUT2D eigenvalue weighted by Gasteiger charge is 2.13. The van der Waals surface area contributed by atoms with E-state index in [4.69, 9.17) is 0 Å². The summed E-state index contributed by atoms with van der Waals surface area (Å²) in [6.45, 7) is 70.5. The van der Waals surface area contributed by atoms with E-state index in [1.54, 1.807) is 0 Å². The smallest absolute Gasteiger partial charge is 0.0827 e. The highest BCUT2D eigenvalue weighted by atomic mass is 15.5. The molecule has 7 aromatic heterocycles. The van der Waals surface area contributed by atoms with E-state index in [1.807, 2.05) is 37.3 Å². The third-order valence-corrected chi connectivity index (χ3v) is 22.4. The van der Waals surface area contributed by atoms with Crippen LogP contribution < -0.4 is 0 Å². The summed E-state index contributed by atoms with van der Waals surface area (Å²) in [5.74, 6) is 10.8. The minimum Gasteiger partial charge on any atom is -0.252 e. The lowest BCUT2D eigenvalue weighted by molar-refractivity contribution is 0.462. The molecule has 0 unspecified atom stereocenters. The molecule has 0 bridgehead atoms. The summed E-state index contributed by atoms with van der Waals surface area (Å²) in [5.41, 5.74) is 8.52. The maximum absolute atomic E-state index is 4.22. The third kappa shape index (κ3) is 70.6. The second-order valence-electron chi connectivity index (χ2n) is 42.7. The van der Waals surface area contributed by atoms with E-state index in [-0.39, 0.29) is 0 Å². The number of hydrogen-bond donors (Lipinski definition) is 0. The Morgan fingerprint density at radius 1 is 0.184 bits per heavy atom. The minimum absolute atomic E-state index is 0.635. The number of unbranched alkanes of at least 4 members (excludes halogenated alkanes) is 13. The van der Waals surface area contributed by atoms with Crippen molar-refractivity contribution in [1.29, 1.82) is 0 Å². The molecule has 0 aliphatic heterocycles. The van der Waals surface area contributed by atoms with Gasteiger partial charge in [-0.3, -0.25) is 18.7 Å². The molecule has 0 aliphatic rings. The molecule has 0 fully saturated rings. The van der Waals surface area contributed by atoms with Crippen LogP contribution in [-0.2, 0) is 90.8 Å². The number of hydrogen-bond acceptors (Lipinski definition) is 14. The standard InChI is InChI=1S/3C16H31N3.4C14H27N3/c1-14(2)9-6-5-7-12-19-16(13-17-18-19)11-8-10-15(3)4;2*1-14(2)9-7-5-6-8-10-16-13-17-18-19(16)12-11-15(3)4;1-12(2)7-5-9-14-11-17(16-15-14)10-6-8-13(3)4;1-12(2)7-5-6-8-14-11-17(16-15-14)10-9-13(3)4;2*1-12(2)8-6-5-7-9-14-11-17(16-15-14)10-13(3)4/h3*13-15H,5-12H2,1-4H3;4*11-13H,5-10H2,1-4H3. The largest absolute Gasteiger partial charge is 0.252 e. The van der Waals surface area contributed by atoms with Crippen LogP contribution in [0.1, 0.15) is 452 Å². The second kappa shape index (κ2) is 74.7. The Hall–Kier alpha value is -6.02. The first kappa shape index (κ1) is 117. The Balaban J connectivity index is 0.000000730. The van der Waals surface area contributed by atoms with Crippen LogP contribution in [0.5, 0.6) is 0 Å². The molecule has 0 radical (unpaired) electrons. The number of aromatic nitrogens is 21. The average Bonchev–Trinajstić information content (AvgIpc) is 1.79. The molecular weight excluding hydrogens is 1540 g/mol. The van der Waals surface area contributed by atoms with Gasteiger partial charge in [-0.05, 0) is 211 Å². The van der Waals surface area contributed by atoms with Crippen molar-refractivity contribution in [3.63, 3.8) is 0 Å². The number of rotatable bonds is 62. The van der Waals surface area contributed by atoms with E-state index in [9.17, 15) is 0 Å². The second-order valence-corrected chi connectivity index (χ2v) is 42.7. The van der Waals surface area contributed by atoms with Crippen molar-refractivity contribution in [3.8, 4) is 0 Å². The van der Waals surface area contributed by atoms with Gasteiger partial charge in [0.05, 0.1) is 58.4 Å². The Kier molecular flexibility index (Phi) is 69.9. The average molecular weight is 1750 g/mol. The molecular formula is C104H201N21. The van der Waals surface area contributed by atoms with Crippen molar-refractivity contribution in [2.45, 2.75) is 503 Å². The Morgan fingerprint density at radius 2 is 0.408 bits per heavy atom. The highest BCUT2D eigenvalue weighted by molar-refractivity contribution is 4.98. The maximum Gasteiger partial charge on any atom is 0.0827 e. The Bertz CT molecular complexity index is 3290. The van der Waals surface area contributed by atoms with E-state index < -0.39 is 0 Å². The van der Waals surface area contributed by atoms with Crippen molar-refractivity contribution in [3.05, 3.63) is 83.2 Å². The fourth-order valence-electron chi connectivity index (χ4n) is 14.5. The van der Waals surface area contributed by atoms with Crippen LogP contribution >= 0.6 is 0 Å². The molecule has 0 spiro atoms. The van der Waals surface area contributed by atoms with Gasteiger partial charge in [0.25, 0.3) is 0 Å². The monoisotopic (exact) mass is 1740 g/mol. The zero-order valence-corrected chi connectivity index (χ0v) is 87.0. The maximum atomic E-state index is 4.22. The summed E-state index contributed by atoms with van der Waals surface area (Å²) in [4.78, 5) is 0. The van der Waals surface area contributed by atoms with Crippen LogP contribution in [0.4, 0.5) is 0 Å². The topological polar surface area (TPSA) is 215 Å². The van der Waals surface area contributed by atoms with E-state index >= 15 is 0 Å².